The maximum Gasteiger partial charge on any atom is 0.250 e. The molecule has 1 aliphatic heterocycles. The predicted octanol–water partition coefficient (Wildman–Crippen LogP) is 2.22. The summed E-state index contributed by atoms with van der Waals surface area (Å²) in [6.45, 7) is 1.31. The van der Waals surface area contributed by atoms with Crippen LogP contribution in [0.2, 0.25) is 4.34 Å². The van der Waals surface area contributed by atoms with Crippen molar-refractivity contribution in [2.45, 2.75) is 22.3 Å². The number of thioether (sulfide) groups is 1. The molecule has 0 aliphatic carbocycles. The Balaban J connectivity index is 1.59. The molecule has 0 unspecified atom stereocenters. The molecule has 1 aliphatic rings. The number of nitrogens with one attached hydrogen (secondary N) is 1. The Hall–Kier alpha value is -0.540. The van der Waals surface area contributed by atoms with Gasteiger partial charge in [0.05, 0.1) is 10.0 Å². The summed E-state index contributed by atoms with van der Waals surface area (Å²) in [5.74, 6) is 1.06. The van der Waals surface area contributed by atoms with Crippen molar-refractivity contribution >= 4 is 44.7 Å². The first-order chi connectivity index (χ1) is 9.54. The number of hydrogen-bond acceptors (Lipinski definition) is 5. The summed E-state index contributed by atoms with van der Waals surface area (Å²) in [6, 6.07) is 3.09. The lowest BCUT2D eigenvalue weighted by Gasteiger charge is -2.03. The topological polar surface area (TPSA) is 64.0 Å². The van der Waals surface area contributed by atoms with E-state index in [-0.39, 0.29) is 4.21 Å². The molecule has 0 fully saturated rings. The van der Waals surface area contributed by atoms with Crippen LogP contribution in [0.3, 0.4) is 0 Å². The van der Waals surface area contributed by atoms with Gasteiger partial charge in [-0.05, 0) is 12.1 Å². The van der Waals surface area contributed by atoms with Crippen molar-refractivity contribution < 1.29 is 8.42 Å². The quantitative estimate of drug-likeness (QED) is 0.899. The van der Waals surface area contributed by atoms with Crippen molar-refractivity contribution in [1.29, 1.82) is 0 Å². The summed E-state index contributed by atoms with van der Waals surface area (Å²) in [7, 11) is -3.46. The van der Waals surface area contributed by atoms with E-state index < -0.39 is 10.0 Å². The lowest BCUT2D eigenvalue weighted by molar-refractivity contribution is 0.583. The van der Waals surface area contributed by atoms with Crippen LogP contribution in [0.25, 0.3) is 0 Å². The van der Waals surface area contributed by atoms with Crippen LogP contribution in [0.15, 0.2) is 27.7 Å². The van der Waals surface area contributed by atoms with Crippen LogP contribution in [0, 0.1) is 0 Å². The fourth-order valence-corrected chi connectivity index (χ4v) is 5.43. The van der Waals surface area contributed by atoms with E-state index in [4.69, 9.17) is 11.6 Å². The Morgan fingerprint density at radius 3 is 3.00 bits per heavy atom. The van der Waals surface area contributed by atoms with Gasteiger partial charge in [0, 0.05) is 31.5 Å². The van der Waals surface area contributed by atoms with Crippen LogP contribution in [0.5, 0.6) is 0 Å². The Labute approximate surface area is 130 Å². The molecule has 3 heterocycles. The average Bonchev–Trinajstić information content (AvgIpc) is 3.03. The molecule has 0 saturated carbocycles. The second-order valence-electron chi connectivity index (χ2n) is 4.26. The number of thiophene rings is 1. The maximum absolute atomic E-state index is 12.0. The molecule has 2 aromatic heterocycles. The van der Waals surface area contributed by atoms with Gasteiger partial charge < -0.3 is 4.57 Å². The van der Waals surface area contributed by atoms with Gasteiger partial charge in [0.2, 0.25) is 10.0 Å². The van der Waals surface area contributed by atoms with E-state index in [1.807, 2.05) is 6.20 Å². The van der Waals surface area contributed by atoms with E-state index in [0.717, 1.165) is 34.5 Å². The third-order valence-corrected chi connectivity index (χ3v) is 6.99. The number of halogens is 1. The summed E-state index contributed by atoms with van der Waals surface area (Å²) in [6.07, 6.45) is 2.57. The summed E-state index contributed by atoms with van der Waals surface area (Å²) in [4.78, 5) is 4.46. The normalized spacial score (nSPS) is 14.7. The smallest absolute Gasteiger partial charge is 0.250 e. The lowest BCUT2D eigenvalue weighted by atomic mass is 10.3. The average molecular weight is 350 g/mol. The molecule has 0 amide bonds. The first-order valence-corrected chi connectivity index (χ1v) is 9.65. The first-order valence-electron chi connectivity index (χ1n) is 5.98. The molecule has 3 rings (SSSR count). The molecule has 0 spiro atoms. The monoisotopic (exact) mass is 349 g/mol. The Bertz CT molecular complexity index is 702. The molecule has 108 valence electrons. The van der Waals surface area contributed by atoms with Gasteiger partial charge in [0.25, 0.3) is 0 Å². The van der Waals surface area contributed by atoms with Gasteiger partial charge in [-0.3, -0.25) is 0 Å². The lowest BCUT2D eigenvalue weighted by Crippen LogP contribution is -2.25. The highest BCUT2D eigenvalue weighted by atomic mass is 35.5. The van der Waals surface area contributed by atoms with Gasteiger partial charge in [0.1, 0.15) is 4.21 Å². The second kappa shape index (κ2) is 5.69. The summed E-state index contributed by atoms with van der Waals surface area (Å²) in [5.41, 5.74) is 0.916. The number of aryl methyl sites for hydroxylation is 1. The van der Waals surface area contributed by atoms with Crippen LogP contribution >= 0.6 is 34.7 Å². The van der Waals surface area contributed by atoms with Crippen molar-refractivity contribution in [1.82, 2.24) is 14.3 Å². The van der Waals surface area contributed by atoms with Crippen LogP contribution in [0.1, 0.15) is 5.69 Å². The number of nitrogens with zero attached hydrogens (tertiary/aromatic N) is 2. The van der Waals surface area contributed by atoms with Crippen molar-refractivity contribution in [3.8, 4) is 0 Å². The highest BCUT2D eigenvalue weighted by Gasteiger charge is 2.17. The molecule has 20 heavy (non-hydrogen) atoms. The van der Waals surface area contributed by atoms with Crippen LogP contribution < -0.4 is 4.72 Å². The standard InChI is InChI=1S/C11H12ClN3O2S3/c12-9-1-2-10(19-9)20(16,17)13-4-3-8-7-15-5-6-18-11(15)14-8/h1-2,7,13H,3-6H2. The first kappa shape index (κ1) is 14.4. The molecule has 0 radical (unpaired) electrons. The van der Waals surface area contributed by atoms with E-state index in [1.54, 1.807) is 17.8 Å². The number of hydrogen-bond donors (Lipinski definition) is 1. The predicted molar refractivity (Wildman–Crippen MR) is 81.2 cm³/mol. The fourth-order valence-electron chi connectivity index (χ4n) is 1.91. The maximum atomic E-state index is 12.0. The largest absolute Gasteiger partial charge is 0.325 e. The molecule has 9 heteroatoms. The molecular formula is C11H12ClN3O2S3. The van der Waals surface area contributed by atoms with Gasteiger partial charge in [0.15, 0.2) is 5.16 Å². The van der Waals surface area contributed by atoms with E-state index >= 15 is 0 Å². The molecule has 2 aromatic rings. The van der Waals surface area contributed by atoms with Crippen LogP contribution in [-0.2, 0) is 23.0 Å². The molecule has 5 nitrogen and oxygen atoms in total. The highest BCUT2D eigenvalue weighted by molar-refractivity contribution is 7.99. The van der Waals surface area contributed by atoms with Crippen molar-refractivity contribution in [3.05, 3.63) is 28.4 Å². The van der Waals surface area contributed by atoms with E-state index in [1.165, 1.54) is 6.07 Å². The minimum Gasteiger partial charge on any atom is -0.325 e. The second-order valence-corrected chi connectivity index (χ2v) is 9.03. The number of rotatable bonds is 5. The van der Waals surface area contributed by atoms with Crippen LogP contribution in [-0.4, -0.2) is 30.3 Å². The third-order valence-electron chi connectivity index (χ3n) is 2.84. The number of aromatic nitrogens is 2. The fraction of sp³-hybridized carbons (Fsp3) is 0.364. The molecular weight excluding hydrogens is 338 g/mol. The van der Waals surface area contributed by atoms with Gasteiger partial charge in [-0.15, -0.1) is 11.3 Å². The zero-order chi connectivity index (χ0) is 14.2. The highest BCUT2D eigenvalue weighted by Crippen LogP contribution is 2.26. The van der Waals surface area contributed by atoms with Gasteiger partial charge in [-0.2, -0.15) is 0 Å². The van der Waals surface area contributed by atoms with E-state index in [2.05, 4.69) is 14.3 Å². The van der Waals surface area contributed by atoms with E-state index in [9.17, 15) is 8.42 Å². The SMILES string of the molecule is O=S(=O)(NCCc1cn2c(n1)SCC2)c1ccc(Cl)s1. The number of imidazole rings is 1. The van der Waals surface area contributed by atoms with Gasteiger partial charge in [-0.1, -0.05) is 23.4 Å². The van der Waals surface area contributed by atoms with Crippen molar-refractivity contribution in [3.63, 3.8) is 0 Å². The third kappa shape index (κ3) is 3.04. The minimum absolute atomic E-state index is 0.241. The Morgan fingerprint density at radius 2 is 2.30 bits per heavy atom. The molecule has 1 N–H and O–H groups in total. The summed E-state index contributed by atoms with van der Waals surface area (Å²) >= 11 is 8.53. The van der Waals surface area contributed by atoms with Crippen LogP contribution in [0.4, 0.5) is 0 Å². The summed E-state index contributed by atoms with van der Waals surface area (Å²) in [5, 5.41) is 1.02. The minimum atomic E-state index is -3.46. The molecule has 0 saturated heterocycles. The summed E-state index contributed by atoms with van der Waals surface area (Å²) < 4.78 is 29.4. The molecule has 0 atom stereocenters. The van der Waals surface area contributed by atoms with Gasteiger partial charge in [-0.25, -0.2) is 18.1 Å². The zero-order valence-electron chi connectivity index (χ0n) is 10.4. The molecule has 0 bridgehead atoms. The number of fused-ring (bicyclic) bond motifs is 1. The van der Waals surface area contributed by atoms with Gasteiger partial charge >= 0.3 is 0 Å². The number of sulfonamides is 1. The van der Waals surface area contributed by atoms with Crippen molar-refractivity contribution in [2.75, 3.05) is 12.3 Å². The zero-order valence-corrected chi connectivity index (χ0v) is 13.6. The van der Waals surface area contributed by atoms with E-state index in [0.29, 0.717) is 17.3 Å². The Morgan fingerprint density at radius 1 is 1.45 bits per heavy atom. The molecule has 0 aromatic carbocycles. The van der Waals surface area contributed by atoms with Crippen molar-refractivity contribution in [2.24, 2.45) is 0 Å². The Kier molecular flexibility index (Phi) is 4.09.